The van der Waals surface area contributed by atoms with Crippen LogP contribution in [0.4, 0.5) is 0 Å². The molecule has 37 heavy (non-hydrogen) atoms. The van der Waals surface area contributed by atoms with E-state index in [0.29, 0.717) is 44.3 Å². The molecular weight excluding hydrogens is 535 g/mol. The molecule has 4 rings (SSSR count). The summed E-state index contributed by atoms with van der Waals surface area (Å²) in [4.78, 5) is 8.79. The minimum atomic E-state index is -0.999. The van der Waals surface area contributed by atoms with E-state index in [9.17, 15) is 15.6 Å². The lowest BCUT2D eigenvalue weighted by Crippen LogP contribution is -2.21. The third-order valence-electron chi connectivity index (χ3n) is 5.14. The van der Waals surface area contributed by atoms with Crippen LogP contribution in [0.15, 0.2) is 64.2 Å². The number of aliphatic hydroxyl groups excluding tert-OH is 2. The van der Waals surface area contributed by atoms with Crippen molar-refractivity contribution in [2.75, 3.05) is 13.2 Å². The Kier molecular flexibility index (Phi) is 8.67. The lowest BCUT2D eigenvalue weighted by atomic mass is 9.97. The predicted octanol–water partition coefficient (Wildman–Crippen LogP) is 5.48. The van der Waals surface area contributed by atoms with Crippen LogP contribution in [0, 0.1) is 22.7 Å². The average molecular weight is 553 g/mol. The number of hydrogen-bond donors (Lipinski definition) is 2. The Bertz CT molecular complexity index is 1480. The number of thioether (sulfide) groups is 1. The number of pyridine rings is 1. The molecule has 2 N–H and O–H groups in total. The van der Waals surface area contributed by atoms with E-state index in [1.54, 1.807) is 48.5 Å². The van der Waals surface area contributed by atoms with Gasteiger partial charge in [0.15, 0.2) is 0 Å². The molecule has 0 radical (unpaired) electrons. The van der Waals surface area contributed by atoms with Gasteiger partial charge in [-0.2, -0.15) is 10.5 Å². The van der Waals surface area contributed by atoms with Crippen LogP contribution in [-0.4, -0.2) is 39.5 Å². The number of oxazole rings is 1. The van der Waals surface area contributed by atoms with Crippen LogP contribution in [-0.2, 0) is 5.75 Å². The predicted molar refractivity (Wildman–Crippen MR) is 139 cm³/mol. The van der Waals surface area contributed by atoms with Gasteiger partial charge in [-0.1, -0.05) is 47.1 Å². The number of aliphatic hydroxyl groups is 2. The van der Waals surface area contributed by atoms with Crippen LogP contribution >= 0.6 is 35.0 Å². The van der Waals surface area contributed by atoms with E-state index in [1.807, 2.05) is 6.07 Å². The molecule has 1 atom stereocenters. The number of nitrogens with zero attached hydrogens (tertiary/aromatic N) is 4. The lowest BCUT2D eigenvalue weighted by Gasteiger charge is -2.13. The van der Waals surface area contributed by atoms with E-state index < -0.39 is 12.7 Å². The molecule has 0 aliphatic heterocycles. The molecule has 0 aliphatic carbocycles. The molecule has 0 spiro atoms. The lowest BCUT2D eigenvalue weighted by molar-refractivity contribution is 0.0536. The first-order chi connectivity index (χ1) is 17.9. The summed E-state index contributed by atoms with van der Waals surface area (Å²) in [6, 6.07) is 17.9. The van der Waals surface area contributed by atoms with Crippen molar-refractivity contribution in [2.45, 2.75) is 16.9 Å². The van der Waals surface area contributed by atoms with Crippen LogP contribution in [0.5, 0.6) is 5.75 Å². The van der Waals surface area contributed by atoms with Gasteiger partial charge in [-0.05, 0) is 42.0 Å². The van der Waals surface area contributed by atoms with E-state index >= 15 is 0 Å². The zero-order valence-corrected chi connectivity index (χ0v) is 21.4. The maximum atomic E-state index is 9.99. The maximum Gasteiger partial charge on any atom is 0.226 e. The van der Waals surface area contributed by atoms with Crippen LogP contribution in [0.2, 0.25) is 10.2 Å². The second-order valence-corrected chi connectivity index (χ2v) is 9.43. The van der Waals surface area contributed by atoms with Gasteiger partial charge < -0.3 is 19.4 Å². The highest BCUT2D eigenvalue weighted by Crippen LogP contribution is 2.38. The van der Waals surface area contributed by atoms with Crippen LogP contribution in [0.25, 0.3) is 22.6 Å². The molecule has 0 unspecified atom stereocenters. The molecular formula is C26H18Cl2N4O4S. The van der Waals surface area contributed by atoms with Crippen molar-refractivity contribution in [3.8, 4) is 40.5 Å². The first kappa shape index (κ1) is 26.5. The molecule has 0 saturated carbocycles. The number of ether oxygens (including phenoxy) is 1. The van der Waals surface area contributed by atoms with E-state index in [4.69, 9.17) is 37.5 Å². The Morgan fingerprint density at radius 3 is 2.30 bits per heavy atom. The summed E-state index contributed by atoms with van der Waals surface area (Å²) in [5.41, 5.74) is 2.63. The monoisotopic (exact) mass is 552 g/mol. The van der Waals surface area contributed by atoms with E-state index in [0.717, 1.165) is 5.56 Å². The van der Waals surface area contributed by atoms with Gasteiger partial charge in [-0.3, -0.25) is 0 Å². The molecule has 0 amide bonds. The third kappa shape index (κ3) is 6.23. The third-order valence-corrected chi connectivity index (χ3v) is 6.67. The fourth-order valence-electron chi connectivity index (χ4n) is 3.34. The van der Waals surface area contributed by atoms with Crippen LogP contribution in [0.1, 0.15) is 16.8 Å². The van der Waals surface area contributed by atoms with Gasteiger partial charge in [0, 0.05) is 21.9 Å². The van der Waals surface area contributed by atoms with Crippen molar-refractivity contribution in [1.82, 2.24) is 9.97 Å². The molecule has 0 aliphatic rings. The first-order valence-corrected chi connectivity index (χ1v) is 12.6. The highest BCUT2D eigenvalue weighted by molar-refractivity contribution is 7.98. The molecule has 11 heteroatoms. The topological polar surface area (TPSA) is 136 Å². The van der Waals surface area contributed by atoms with Crippen molar-refractivity contribution < 1.29 is 19.4 Å². The SMILES string of the molecule is N#Cc1c(Cl)nc(SCc2coc(-c3ccc(Cl)cc3)n2)c(C#N)c1-c1ccc(OC[C@H](O)CO)cc1. The molecule has 4 aromatic rings. The summed E-state index contributed by atoms with van der Waals surface area (Å²) in [7, 11) is 0. The highest BCUT2D eigenvalue weighted by Gasteiger charge is 2.21. The quantitative estimate of drug-likeness (QED) is 0.204. The Balaban J connectivity index is 1.60. The van der Waals surface area contributed by atoms with Gasteiger partial charge in [-0.25, -0.2) is 9.97 Å². The number of hydrogen-bond acceptors (Lipinski definition) is 9. The second-order valence-electron chi connectivity index (χ2n) is 7.67. The van der Waals surface area contributed by atoms with Gasteiger partial charge in [0.1, 0.15) is 47.0 Å². The minimum absolute atomic E-state index is 0.0209. The van der Waals surface area contributed by atoms with Gasteiger partial charge in [0.2, 0.25) is 5.89 Å². The van der Waals surface area contributed by atoms with Gasteiger partial charge in [-0.15, -0.1) is 0 Å². The van der Waals surface area contributed by atoms with Gasteiger partial charge in [0.25, 0.3) is 0 Å². The Morgan fingerprint density at radius 1 is 0.973 bits per heavy atom. The van der Waals surface area contributed by atoms with Crippen molar-refractivity contribution in [1.29, 1.82) is 10.5 Å². The standard InChI is InChI=1S/C26H18Cl2N4O4S/c27-17-5-1-16(2-6-17)25-31-18(12-36-25)14-37-26-22(10-30)23(21(9-29)24(28)32-26)15-3-7-20(8-4-15)35-13-19(34)11-33/h1-8,12,19,33-34H,11,13-14H2/t19-/m1/s1. The summed E-state index contributed by atoms with van der Waals surface area (Å²) < 4.78 is 11.0. The number of aromatic nitrogens is 2. The van der Waals surface area contributed by atoms with E-state index in [1.165, 1.54) is 18.0 Å². The highest BCUT2D eigenvalue weighted by atomic mass is 35.5. The molecule has 0 fully saturated rings. The molecule has 0 saturated heterocycles. The average Bonchev–Trinajstić information content (AvgIpc) is 3.39. The molecule has 8 nitrogen and oxygen atoms in total. The fraction of sp³-hybridized carbons (Fsp3) is 0.154. The fourth-order valence-corrected chi connectivity index (χ4v) is 4.60. The first-order valence-electron chi connectivity index (χ1n) is 10.8. The number of nitriles is 2. The van der Waals surface area contributed by atoms with Crippen LogP contribution < -0.4 is 4.74 Å². The van der Waals surface area contributed by atoms with Gasteiger partial charge >= 0.3 is 0 Å². The van der Waals surface area contributed by atoms with Crippen molar-refractivity contribution >= 4 is 35.0 Å². The van der Waals surface area contributed by atoms with Crippen molar-refractivity contribution in [2.24, 2.45) is 0 Å². The maximum absolute atomic E-state index is 9.99. The van der Waals surface area contributed by atoms with Crippen molar-refractivity contribution in [3.63, 3.8) is 0 Å². The normalized spacial score (nSPS) is 11.5. The molecule has 2 aromatic heterocycles. The number of halogens is 2. The molecule has 2 aromatic carbocycles. The molecule has 186 valence electrons. The zero-order chi connectivity index (χ0) is 26.4. The largest absolute Gasteiger partial charge is 0.491 e. The summed E-state index contributed by atoms with van der Waals surface area (Å²) in [5, 5.41) is 39.1. The zero-order valence-electron chi connectivity index (χ0n) is 19.1. The Morgan fingerprint density at radius 2 is 1.65 bits per heavy atom. The summed E-state index contributed by atoms with van der Waals surface area (Å²) in [5.74, 6) is 1.24. The summed E-state index contributed by atoms with van der Waals surface area (Å²) >= 11 is 13.5. The van der Waals surface area contributed by atoms with Crippen LogP contribution in [0.3, 0.4) is 0 Å². The number of rotatable bonds is 9. The summed E-state index contributed by atoms with van der Waals surface area (Å²) in [6.07, 6.45) is 0.530. The molecule has 0 bridgehead atoms. The number of benzene rings is 2. The van der Waals surface area contributed by atoms with E-state index in [-0.39, 0.29) is 22.9 Å². The molecule has 2 heterocycles. The van der Waals surface area contributed by atoms with Gasteiger partial charge in [0.05, 0.1) is 23.4 Å². The van der Waals surface area contributed by atoms with E-state index in [2.05, 4.69) is 16.0 Å². The summed E-state index contributed by atoms with van der Waals surface area (Å²) in [6.45, 7) is -0.492. The Hall–Kier alpha value is -3.57. The smallest absolute Gasteiger partial charge is 0.226 e. The minimum Gasteiger partial charge on any atom is -0.491 e. The van der Waals surface area contributed by atoms with Crippen molar-refractivity contribution in [3.05, 3.63) is 81.8 Å². The Labute approximate surface area is 226 Å². The second kappa shape index (κ2) is 12.1.